The van der Waals surface area contributed by atoms with Crippen molar-refractivity contribution in [1.82, 2.24) is 0 Å². The summed E-state index contributed by atoms with van der Waals surface area (Å²) in [6.07, 6.45) is 0. The highest BCUT2D eigenvalue weighted by molar-refractivity contribution is 7.92. The Hall–Kier alpha value is -2.36. The van der Waals surface area contributed by atoms with E-state index >= 15 is 0 Å². The second-order valence-electron chi connectivity index (χ2n) is 3.89. The minimum Gasteiger partial charge on any atom is -0.262 e. The summed E-state index contributed by atoms with van der Waals surface area (Å²) in [5, 5.41) is 8.73. The highest BCUT2D eigenvalue weighted by Gasteiger charge is 2.25. The van der Waals surface area contributed by atoms with Gasteiger partial charge in [-0.15, -0.1) is 4.47 Å². The number of sulfonamides is 1. The molecule has 2 rings (SSSR count). The molecular weight excluding hydrogens is 276 g/mol. The molecule has 6 heteroatoms. The van der Waals surface area contributed by atoms with E-state index in [4.69, 9.17) is 10.1 Å². The Morgan fingerprint density at radius 2 is 1.65 bits per heavy atom. The van der Waals surface area contributed by atoms with Crippen molar-refractivity contribution in [3.63, 3.8) is 0 Å². The Labute approximate surface area is 117 Å². The lowest BCUT2D eigenvalue weighted by Gasteiger charge is -2.21. The van der Waals surface area contributed by atoms with Gasteiger partial charge < -0.3 is 0 Å². The minimum absolute atomic E-state index is 0.0576. The van der Waals surface area contributed by atoms with E-state index in [1.807, 2.05) is 6.07 Å². The quantitative estimate of drug-likeness (QED) is 0.809. The molecule has 0 saturated heterocycles. The SMILES string of the molecule is CON(c1ccccc1)S(=O)(=O)c1ccc(C#N)cc1. The van der Waals surface area contributed by atoms with E-state index in [1.165, 1.54) is 31.4 Å². The Morgan fingerprint density at radius 1 is 1.05 bits per heavy atom. The molecule has 0 aliphatic heterocycles. The van der Waals surface area contributed by atoms with Crippen molar-refractivity contribution < 1.29 is 13.3 Å². The molecule has 0 atom stereocenters. The molecule has 0 spiro atoms. The van der Waals surface area contributed by atoms with E-state index < -0.39 is 10.0 Å². The first kappa shape index (κ1) is 14.1. The fourth-order valence-corrected chi connectivity index (χ4v) is 2.96. The van der Waals surface area contributed by atoms with Gasteiger partial charge in [-0.1, -0.05) is 18.2 Å². The van der Waals surface area contributed by atoms with E-state index in [-0.39, 0.29) is 4.90 Å². The zero-order valence-electron chi connectivity index (χ0n) is 10.7. The van der Waals surface area contributed by atoms with Crippen LogP contribution in [-0.2, 0) is 14.9 Å². The summed E-state index contributed by atoms with van der Waals surface area (Å²) in [5.41, 5.74) is 0.798. The third-order valence-corrected chi connectivity index (χ3v) is 4.30. The zero-order valence-corrected chi connectivity index (χ0v) is 11.5. The summed E-state index contributed by atoms with van der Waals surface area (Å²) >= 11 is 0. The average Bonchev–Trinajstić information content (AvgIpc) is 2.49. The van der Waals surface area contributed by atoms with E-state index in [0.717, 1.165) is 4.47 Å². The maximum atomic E-state index is 12.5. The molecule has 102 valence electrons. The molecule has 0 N–H and O–H groups in total. The lowest BCUT2D eigenvalue weighted by molar-refractivity contribution is 0.216. The van der Waals surface area contributed by atoms with Gasteiger partial charge in [0, 0.05) is 0 Å². The molecule has 0 fully saturated rings. The predicted molar refractivity (Wildman–Crippen MR) is 74.3 cm³/mol. The zero-order chi connectivity index (χ0) is 14.6. The normalized spacial score (nSPS) is 10.8. The molecule has 0 bridgehead atoms. The highest BCUT2D eigenvalue weighted by atomic mass is 32.2. The first-order valence-corrected chi connectivity index (χ1v) is 7.18. The Bertz CT molecular complexity index is 719. The molecule has 2 aromatic rings. The summed E-state index contributed by atoms with van der Waals surface area (Å²) in [6.45, 7) is 0. The third-order valence-electron chi connectivity index (χ3n) is 2.63. The molecule has 0 radical (unpaired) electrons. The maximum Gasteiger partial charge on any atom is 0.286 e. The third kappa shape index (κ3) is 2.64. The van der Waals surface area contributed by atoms with Crippen LogP contribution in [0.2, 0.25) is 0 Å². The topological polar surface area (TPSA) is 70.4 Å². The lowest BCUT2D eigenvalue weighted by Crippen LogP contribution is -2.29. The number of hydrogen-bond acceptors (Lipinski definition) is 4. The van der Waals surface area contributed by atoms with Gasteiger partial charge in [-0.3, -0.25) is 4.84 Å². The van der Waals surface area contributed by atoms with Gasteiger partial charge in [0.25, 0.3) is 10.0 Å². The van der Waals surface area contributed by atoms with Crippen molar-refractivity contribution in [2.24, 2.45) is 0 Å². The first-order valence-electron chi connectivity index (χ1n) is 5.74. The molecule has 0 aliphatic carbocycles. The van der Waals surface area contributed by atoms with Crippen molar-refractivity contribution >= 4 is 15.7 Å². The second-order valence-corrected chi connectivity index (χ2v) is 5.64. The van der Waals surface area contributed by atoms with Crippen molar-refractivity contribution in [3.8, 4) is 6.07 Å². The van der Waals surface area contributed by atoms with Gasteiger partial charge in [-0.05, 0) is 36.4 Å². The number of rotatable bonds is 4. The smallest absolute Gasteiger partial charge is 0.262 e. The fourth-order valence-electron chi connectivity index (χ4n) is 1.69. The van der Waals surface area contributed by atoms with Gasteiger partial charge in [0.2, 0.25) is 0 Å². The van der Waals surface area contributed by atoms with Gasteiger partial charge in [-0.25, -0.2) is 0 Å². The first-order chi connectivity index (χ1) is 9.59. The van der Waals surface area contributed by atoms with Crippen LogP contribution >= 0.6 is 0 Å². The summed E-state index contributed by atoms with van der Waals surface area (Å²) in [6, 6.07) is 16.1. The summed E-state index contributed by atoms with van der Waals surface area (Å²) in [4.78, 5) is 5.05. The molecule has 5 nitrogen and oxygen atoms in total. The van der Waals surface area contributed by atoms with Crippen molar-refractivity contribution in [2.45, 2.75) is 4.90 Å². The van der Waals surface area contributed by atoms with Crippen LogP contribution in [-0.4, -0.2) is 15.5 Å². The monoisotopic (exact) mass is 288 g/mol. The molecule has 0 aromatic heterocycles. The van der Waals surface area contributed by atoms with Gasteiger partial charge >= 0.3 is 0 Å². The second kappa shape index (κ2) is 5.74. The number of nitrogens with zero attached hydrogens (tertiary/aromatic N) is 2. The van der Waals surface area contributed by atoms with E-state index in [1.54, 1.807) is 30.3 Å². The average molecular weight is 288 g/mol. The van der Waals surface area contributed by atoms with Gasteiger partial charge in [0.15, 0.2) is 0 Å². The van der Waals surface area contributed by atoms with E-state index in [2.05, 4.69) is 0 Å². The van der Waals surface area contributed by atoms with Crippen LogP contribution in [0.3, 0.4) is 0 Å². The fraction of sp³-hybridized carbons (Fsp3) is 0.0714. The van der Waals surface area contributed by atoms with Crippen LogP contribution < -0.4 is 4.47 Å². The summed E-state index contributed by atoms with van der Waals surface area (Å²) in [5.74, 6) is 0. The van der Waals surface area contributed by atoms with Gasteiger partial charge in [-0.2, -0.15) is 13.7 Å². The molecule has 0 aliphatic rings. The lowest BCUT2D eigenvalue weighted by atomic mass is 10.2. The number of benzene rings is 2. The van der Waals surface area contributed by atoms with Crippen LogP contribution in [0.15, 0.2) is 59.5 Å². The molecule has 0 amide bonds. The molecular formula is C14H12N2O3S. The largest absolute Gasteiger partial charge is 0.286 e. The van der Waals surface area contributed by atoms with E-state index in [9.17, 15) is 8.42 Å². The minimum atomic E-state index is -3.83. The van der Waals surface area contributed by atoms with E-state index in [0.29, 0.717) is 11.3 Å². The van der Waals surface area contributed by atoms with Crippen LogP contribution in [0.5, 0.6) is 0 Å². The number of para-hydroxylation sites is 1. The number of nitriles is 1. The van der Waals surface area contributed by atoms with Crippen molar-refractivity contribution in [2.75, 3.05) is 11.6 Å². The van der Waals surface area contributed by atoms with Crippen molar-refractivity contribution in [1.29, 1.82) is 5.26 Å². The molecule has 2 aromatic carbocycles. The van der Waals surface area contributed by atoms with Crippen LogP contribution in [0.1, 0.15) is 5.56 Å². The van der Waals surface area contributed by atoms with Gasteiger partial charge in [0.05, 0.1) is 29.3 Å². The van der Waals surface area contributed by atoms with Gasteiger partial charge in [0.1, 0.15) is 0 Å². The Kier molecular flexibility index (Phi) is 4.03. The molecule has 0 saturated carbocycles. The molecule has 0 heterocycles. The molecule has 20 heavy (non-hydrogen) atoms. The van der Waals surface area contributed by atoms with Crippen molar-refractivity contribution in [3.05, 3.63) is 60.2 Å². The summed E-state index contributed by atoms with van der Waals surface area (Å²) in [7, 11) is -2.54. The Balaban J connectivity index is 2.44. The summed E-state index contributed by atoms with van der Waals surface area (Å²) < 4.78 is 25.8. The van der Waals surface area contributed by atoms with Crippen LogP contribution in [0.4, 0.5) is 5.69 Å². The molecule has 0 unspecified atom stereocenters. The Morgan fingerprint density at radius 3 is 2.15 bits per heavy atom. The van der Waals surface area contributed by atoms with Crippen LogP contribution in [0.25, 0.3) is 0 Å². The predicted octanol–water partition coefficient (Wildman–Crippen LogP) is 2.31. The number of anilines is 1. The highest BCUT2D eigenvalue weighted by Crippen LogP contribution is 2.23. The van der Waals surface area contributed by atoms with Crippen LogP contribution in [0, 0.1) is 11.3 Å². The number of hydrogen-bond donors (Lipinski definition) is 0. The maximum absolute atomic E-state index is 12.5. The standard InChI is InChI=1S/C14H12N2O3S/c1-19-16(13-5-3-2-4-6-13)20(17,18)14-9-7-12(11-15)8-10-14/h2-10H,1H3.